The van der Waals surface area contributed by atoms with Gasteiger partial charge in [-0.2, -0.15) is 0 Å². The predicted molar refractivity (Wildman–Crippen MR) is 95.8 cm³/mol. The molecule has 0 aliphatic carbocycles. The summed E-state index contributed by atoms with van der Waals surface area (Å²) in [5.41, 5.74) is 1.45. The number of carbonyl (C=O) groups excluding carboxylic acids is 1. The van der Waals surface area contributed by atoms with Crippen LogP contribution in [0, 0.1) is 0 Å². The molecule has 0 aliphatic heterocycles. The number of hydrogen-bond donors (Lipinski definition) is 1. The molecule has 4 nitrogen and oxygen atoms in total. The van der Waals surface area contributed by atoms with Crippen molar-refractivity contribution < 1.29 is 14.3 Å². The van der Waals surface area contributed by atoms with Gasteiger partial charge in [0.15, 0.2) is 0 Å². The Hall–Kier alpha value is -2.04. The summed E-state index contributed by atoms with van der Waals surface area (Å²) in [7, 11) is 0. The third kappa shape index (κ3) is 5.25. The monoisotopic (exact) mass is 347 g/mol. The molecule has 2 aromatic rings. The minimum Gasteiger partial charge on any atom is -0.490 e. The standard InChI is InChI=1S/C19H22ClNO3/c1-3-23-11-12-24-18-10-5-4-9-17(18)19(22)21-14(2)15-7-6-8-16(20)13-15/h4-10,13-14H,3,11-12H2,1-2H3,(H,21,22). The summed E-state index contributed by atoms with van der Waals surface area (Å²) in [6, 6.07) is 14.5. The van der Waals surface area contributed by atoms with Gasteiger partial charge >= 0.3 is 0 Å². The molecule has 0 saturated carbocycles. The lowest BCUT2D eigenvalue weighted by atomic mass is 10.1. The molecular weight excluding hydrogens is 326 g/mol. The van der Waals surface area contributed by atoms with Gasteiger partial charge in [-0.15, -0.1) is 0 Å². The largest absolute Gasteiger partial charge is 0.490 e. The molecule has 0 aliphatic rings. The maximum Gasteiger partial charge on any atom is 0.255 e. The van der Waals surface area contributed by atoms with Crippen LogP contribution in [0.25, 0.3) is 0 Å². The van der Waals surface area contributed by atoms with E-state index in [-0.39, 0.29) is 11.9 Å². The summed E-state index contributed by atoms with van der Waals surface area (Å²) in [5.74, 6) is 0.363. The molecular formula is C19H22ClNO3. The normalized spacial score (nSPS) is 11.8. The van der Waals surface area contributed by atoms with Gasteiger partial charge in [-0.1, -0.05) is 35.9 Å². The van der Waals surface area contributed by atoms with Crippen molar-refractivity contribution >= 4 is 17.5 Å². The van der Waals surface area contributed by atoms with Crippen LogP contribution in [0.2, 0.25) is 5.02 Å². The molecule has 5 heteroatoms. The Morgan fingerprint density at radius 2 is 1.96 bits per heavy atom. The number of nitrogens with one attached hydrogen (secondary N) is 1. The average molecular weight is 348 g/mol. The molecule has 0 spiro atoms. The summed E-state index contributed by atoms with van der Waals surface area (Å²) < 4.78 is 10.9. The quantitative estimate of drug-likeness (QED) is 0.726. The van der Waals surface area contributed by atoms with Crippen LogP contribution in [-0.4, -0.2) is 25.7 Å². The van der Waals surface area contributed by atoms with Crippen LogP contribution in [0.15, 0.2) is 48.5 Å². The number of benzene rings is 2. The van der Waals surface area contributed by atoms with Gasteiger partial charge in [0.25, 0.3) is 5.91 Å². The lowest BCUT2D eigenvalue weighted by Gasteiger charge is -2.16. The van der Waals surface area contributed by atoms with Crippen LogP contribution in [0.1, 0.15) is 35.8 Å². The SMILES string of the molecule is CCOCCOc1ccccc1C(=O)NC(C)c1cccc(Cl)c1. The maximum absolute atomic E-state index is 12.6. The van der Waals surface area contributed by atoms with Crippen LogP contribution in [0.4, 0.5) is 0 Å². The van der Waals surface area contributed by atoms with E-state index in [2.05, 4.69) is 5.32 Å². The summed E-state index contributed by atoms with van der Waals surface area (Å²) in [6.45, 7) is 5.39. The van der Waals surface area contributed by atoms with Crippen LogP contribution in [-0.2, 0) is 4.74 Å². The zero-order chi connectivity index (χ0) is 17.4. The van der Waals surface area contributed by atoms with E-state index in [0.717, 1.165) is 5.56 Å². The second-order valence-corrected chi connectivity index (χ2v) is 5.73. The first-order valence-electron chi connectivity index (χ1n) is 7.97. The third-order valence-corrected chi connectivity index (χ3v) is 3.75. The van der Waals surface area contributed by atoms with Crippen molar-refractivity contribution in [1.29, 1.82) is 0 Å². The minimum atomic E-state index is -0.186. The van der Waals surface area contributed by atoms with E-state index in [0.29, 0.717) is 36.2 Å². The zero-order valence-electron chi connectivity index (χ0n) is 13.9. The fraction of sp³-hybridized carbons (Fsp3) is 0.316. The van der Waals surface area contributed by atoms with E-state index >= 15 is 0 Å². The topological polar surface area (TPSA) is 47.6 Å². The Morgan fingerprint density at radius 3 is 2.71 bits per heavy atom. The molecule has 0 heterocycles. The van der Waals surface area contributed by atoms with Crippen molar-refractivity contribution in [2.45, 2.75) is 19.9 Å². The highest BCUT2D eigenvalue weighted by Crippen LogP contribution is 2.21. The van der Waals surface area contributed by atoms with E-state index in [1.54, 1.807) is 18.2 Å². The number of rotatable bonds is 8. The van der Waals surface area contributed by atoms with Crippen LogP contribution >= 0.6 is 11.6 Å². The highest BCUT2D eigenvalue weighted by molar-refractivity contribution is 6.30. The Bertz CT molecular complexity index is 675. The Morgan fingerprint density at radius 1 is 1.17 bits per heavy atom. The molecule has 0 aromatic heterocycles. The first-order valence-corrected chi connectivity index (χ1v) is 8.35. The highest BCUT2D eigenvalue weighted by atomic mass is 35.5. The molecule has 0 bridgehead atoms. The number of hydrogen-bond acceptors (Lipinski definition) is 3. The highest BCUT2D eigenvalue weighted by Gasteiger charge is 2.15. The first kappa shape index (κ1) is 18.3. The van der Waals surface area contributed by atoms with Gasteiger partial charge in [-0.25, -0.2) is 0 Å². The van der Waals surface area contributed by atoms with Gasteiger partial charge in [-0.05, 0) is 43.7 Å². The summed E-state index contributed by atoms with van der Waals surface area (Å²) in [4.78, 5) is 12.6. The van der Waals surface area contributed by atoms with E-state index in [4.69, 9.17) is 21.1 Å². The molecule has 1 amide bonds. The van der Waals surface area contributed by atoms with E-state index < -0.39 is 0 Å². The van der Waals surface area contributed by atoms with Crippen LogP contribution < -0.4 is 10.1 Å². The molecule has 1 N–H and O–H groups in total. The van der Waals surface area contributed by atoms with Gasteiger partial charge in [0.05, 0.1) is 18.2 Å². The molecule has 0 radical (unpaired) electrons. The second-order valence-electron chi connectivity index (χ2n) is 5.29. The minimum absolute atomic E-state index is 0.160. The molecule has 0 fully saturated rings. The maximum atomic E-state index is 12.6. The predicted octanol–water partition coefficient (Wildman–Crippen LogP) is 4.25. The molecule has 128 valence electrons. The molecule has 0 saturated heterocycles. The molecule has 1 atom stereocenters. The summed E-state index contributed by atoms with van der Waals surface area (Å²) in [6.07, 6.45) is 0. The van der Waals surface area contributed by atoms with Crippen molar-refractivity contribution in [1.82, 2.24) is 5.32 Å². The fourth-order valence-corrected chi connectivity index (χ4v) is 2.47. The Kier molecular flexibility index (Phi) is 7.09. The fourth-order valence-electron chi connectivity index (χ4n) is 2.27. The van der Waals surface area contributed by atoms with Gasteiger partial charge < -0.3 is 14.8 Å². The van der Waals surface area contributed by atoms with Crippen molar-refractivity contribution in [2.75, 3.05) is 19.8 Å². The molecule has 24 heavy (non-hydrogen) atoms. The lowest BCUT2D eigenvalue weighted by Crippen LogP contribution is -2.27. The van der Waals surface area contributed by atoms with Gasteiger partial charge in [0.1, 0.15) is 12.4 Å². The number of halogens is 1. The number of para-hydroxylation sites is 1. The van der Waals surface area contributed by atoms with E-state index in [1.807, 2.05) is 44.2 Å². The summed E-state index contributed by atoms with van der Waals surface area (Å²) >= 11 is 6.01. The number of ether oxygens (including phenoxy) is 2. The summed E-state index contributed by atoms with van der Waals surface area (Å²) in [5, 5.41) is 3.62. The molecule has 1 unspecified atom stereocenters. The average Bonchev–Trinajstić information content (AvgIpc) is 2.59. The number of carbonyl (C=O) groups is 1. The van der Waals surface area contributed by atoms with Gasteiger partial charge in [0, 0.05) is 11.6 Å². The van der Waals surface area contributed by atoms with Gasteiger partial charge in [-0.3, -0.25) is 4.79 Å². The Labute approximate surface area is 147 Å². The van der Waals surface area contributed by atoms with Gasteiger partial charge in [0.2, 0.25) is 0 Å². The van der Waals surface area contributed by atoms with Crippen molar-refractivity contribution in [2.24, 2.45) is 0 Å². The lowest BCUT2D eigenvalue weighted by molar-refractivity contribution is 0.0923. The zero-order valence-corrected chi connectivity index (χ0v) is 14.7. The Balaban J connectivity index is 2.03. The van der Waals surface area contributed by atoms with Crippen LogP contribution in [0.5, 0.6) is 5.75 Å². The van der Waals surface area contributed by atoms with Crippen molar-refractivity contribution in [3.05, 3.63) is 64.7 Å². The van der Waals surface area contributed by atoms with Crippen LogP contribution in [0.3, 0.4) is 0 Å². The van der Waals surface area contributed by atoms with E-state index in [1.165, 1.54) is 0 Å². The van der Waals surface area contributed by atoms with E-state index in [9.17, 15) is 4.79 Å². The first-order chi connectivity index (χ1) is 11.6. The smallest absolute Gasteiger partial charge is 0.255 e. The second kappa shape index (κ2) is 9.30. The number of amides is 1. The van der Waals surface area contributed by atoms with Crippen molar-refractivity contribution in [3.8, 4) is 5.75 Å². The third-order valence-electron chi connectivity index (χ3n) is 3.52. The molecule has 2 rings (SSSR count). The van der Waals surface area contributed by atoms with Crippen molar-refractivity contribution in [3.63, 3.8) is 0 Å². The molecule has 2 aromatic carbocycles.